The van der Waals surface area contributed by atoms with Crippen LogP contribution < -0.4 is 5.32 Å². The Morgan fingerprint density at radius 3 is 2.59 bits per heavy atom. The van der Waals surface area contributed by atoms with Crippen LogP contribution in [0.25, 0.3) is 0 Å². The third-order valence-corrected chi connectivity index (χ3v) is 5.36. The number of carbonyl (C=O) groups excluding carboxylic acids is 1. The highest BCUT2D eigenvalue weighted by Gasteiger charge is 2.22. The minimum Gasteiger partial charge on any atom is -0.376 e. The van der Waals surface area contributed by atoms with Crippen LogP contribution >= 0.6 is 0 Å². The zero-order valence-electron chi connectivity index (χ0n) is 14.2. The van der Waals surface area contributed by atoms with Gasteiger partial charge in [-0.05, 0) is 25.7 Å². The summed E-state index contributed by atoms with van der Waals surface area (Å²) in [4.78, 5) is 13.4. The molecule has 0 aliphatic heterocycles. The van der Waals surface area contributed by atoms with E-state index in [4.69, 9.17) is 4.74 Å². The van der Waals surface area contributed by atoms with E-state index in [1.807, 2.05) is 0 Å². The van der Waals surface area contributed by atoms with Crippen LogP contribution in [0.5, 0.6) is 0 Å². The topological polar surface area (TPSA) is 75.7 Å². The third-order valence-electron chi connectivity index (χ3n) is 4.27. The van der Waals surface area contributed by atoms with Crippen molar-refractivity contribution in [1.82, 2.24) is 10.2 Å². The molecule has 0 aromatic heterocycles. The van der Waals surface area contributed by atoms with E-state index in [1.165, 1.54) is 30.4 Å². The Balaban J connectivity index is 2.24. The number of hydrogen-bond acceptors (Lipinski definition) is 4. The van der Waals surface area contributed by atoms with E-state index >= 15 is 0 Å². The van der Waals surface area contributed by atoms with Crippen molar-refractivity contribution in [3.8, 4) is 0 Å². The van der Waals surface area contributed by atoms with E-state index < -0.39 is 9.84 Å². The first kappa shape index (κ1) is 19.2. The lowest BCUT2D eigenvalue weighted by molar-refractivity contribution is -0.00271. The van der Waals surface area contributed by atoms with Gasteiger partial charge in [-0.2, -0.15) is 0 Å². The van der Waals surface area contributed by atoms with Crippen LogP contribution in [0.2, 0.25) is 0 Å². The Morgan fingerprint density at radius 2 is 2.00 bits per heavy atom. The summed E-state index contributed by atoms with van der Waals surface area (Å²) < 4.78 is 28.4. The summed E-state index contributed by atoms with van der Waals surface area (Å²) in [6.07, 6.45) is 6.28. The van der Waals surface area contributed by atoms with Crippen LogP contribution in [0, 0.1) is 5.92 Å². The number of urea groups is 1. The quantitative estimate of drug-likeness (QED) is 0.718. The summed E-state index contributed by atoms with van der Waals surface area (Å²) in [6, 6.07) is -0.620. The highest BCUT2D eigenvalue weighted by molar-refractivity contribution is 7.90. The van der Waals surface area contributed by atoms with E-state index in [-0.39, 0.29) is 17.8 Å². The Hall–Kier alpha value is -0.820. The fourth-order valence-corrected chi connectivity index (χ4v) is 3.87. The minimum atomic E-state index is -3.09. The maximum atomic E-state index is 12.0. The summed E-state index contributed by atoms with van der Waals surface area (Å²) in [6.45, 7) is 4.87. The summed E-state index contributed by atoms with van der Waals surface area (Å²) in [5.74, 6) is 0.550. The molecule has 0 spiro atoms. The van der Waals surface area contributed by atoms with Gasteiger partial charge in [0.2, 0.25) is 0 Å². The van der Waals surface area contributed by atoms with Gasteiger partial charge in [0.25, 0.3) is 0 Å². The molecular formula is C15H30N2O4S. The average molecular weight is 334 g/mol. The summed E-state index contributed by atoms with van der Waals surface area (Å²) in [7, 11) is -1.49. The molecule has 0 aromatic rings. The number of nitrogens with one attached hydrogen (secondary N) is 1. The Morgan fingerprint density at radius 1 is 1.36 bits per heavy atom. The van der Waals surface area contributed by atoms with Crippen LogP contribution in [0.3, 0.4) is 0 Å². The van der Waals surface area contributed by atoms with Crippen LogP contribution in [-0.4, -0.2) is 63.7 Å². The number of ether oxygens (including phenoxy) is 1. The van der Waals surface area contributed by atoms with E-state index in [2.05, 4.69) is 12.2 Å². The van der Waals surface area contributed by atoms with Gasteiger partial charge in [0, 0.05) is 25.9 Å². The lowest BCUT2D eigenvalue weighted by atomic mass is 9.88. The molecule has 22 heavy (non-hydrogen) atoms. The number of amides is 2. The molecule has 0 unspecified atom stereocenters. The highest BCUT2D eigenvalue weighted by Crippen LogP contribution is 2.25. The standard InChI is InChI=1S/C15H30N2O4S/c1-12-7-5-6-8-14(12)21-10-9-16-15(18)17(3)13(2)11-22(4,19)20/h12-14H,5-11H2,1-4H3,(H,16,18)/t12-,13+,14-/m1/s1. The largest absolute Gasteiger partial charge is 0.376 e. The van der Waals surface area contributed by atoms with Gasteiger partial charge >= 0.3 is 6.03 Å². The Labute approximate surface area is 134 Å². The van der Waals surface area contributed by atoms with Gasteiger partial charge in [0.05, 0.1) is 18.5 Å². The minimum absolute atomic E-state index is 0.0347. The SMILES string of the molecule is C[C@@H]1CCCC[C@H]1OCCNC(=O)N(C)[C@@H](C)CS(C)(=O)=O. The molecule has 0 bridgehead atoms. The second-order valence-electron chi connectivity index (χ2n) is 6.46. The van der Waals surface area contributed by atoms with Crippen molar-refractivity contribution in [2.45, 2.75) is 51.7 Å². The number of hydrogen-bond donors (Lipinski definition) is 1. The molecule has 0 aromatic carbocycles. The van der Waals surface area contributed by atoms with Crippen LogP contribution in [-0.2, 0) is 14.6 Å². The second kappa shape index (κ2) is 8.72. The maximum Gasteiger partial charge on any atom is 0.317 e. The van der Waals surface area contributed by atoms with Crippen molar-refractivity contribution < 1.29 is 17.9 Å². The normalized spacial score (nSPS) is 23.8. The first-order chi connectivity index (χ1) is 10.2. The zero-order valence-corrected chi connectivity index (χ0v) is 15.0. The number of nitrogens with zero attached hydrogens (tertiary/aromatic N) is 1. The molecule has 2 amide bonds. The molecule has 0 heterocycles. The fourth-order valence-electron chi connectivity index (χ4n) is 2.77. The van der Waals surface area contributed by atoms with Crippen molar-refractivity contribution in [3.05, 3.63) is 0 Å². The van der Waals surface area contributed by atoms with E-state index in [1.54, 1.807) is 14.0 Å². The van der Waals surface area contributed by atoms with E-state index in [0.29, 0.717) is 25.2 Å². The summed E-state index contributed by atoms with van der Waals surface area (Å²) in [5.41, 5.74) is 0. The molecule has 7 heteroatoms. The molecule has 1 aliphatic rings. The van der Waals surface area contributed by atoms with Crippen molar-refractivity contribution in [3.63, 3.8) is 0 Å². The summed E-state index contributed by atoms with van der Waals surface area (Å²) >= 11 is 0. The number of carbonyl (C=O) groups is 1. The number of rotatable bonds is 7. The van der Waals surface area contributed by atoms with E-state index in [9.17, 15) is 13.2 Å². The van der Waals surface area contributed by atoms with Crippen LogP contribution in [0.15, 0.2) is 0 Å². The summed E-state index contributed by atoms with van der Waals surface area (Å²) in [5, 5.41) is 2.77. The predicted octanol–water partition coefficient (Wildman–Crippen LogP) is 1.66. The number of sulfone groups is 1. The second-order valence-corrected chi connectivity index (χ2v) is 8.64. The average Bonchev–Trinajstić information content (AvgIpc) is 2.42. The molecule has 1 aliphatic carbocycles. The smallest absolute Gasteiger partial charge is 0.317 e. The monoisotopic (exact) mass is 334 g/mol. The maximum absolute atomic E-state index is 12.0. The first-order valence-corrected chi connectivity index (χ1v) is 10.1. The lowest BCUT2D eigenvalue weighted by Crippen LogP contribution is -2.46. The molecule has 130 valence electrons. The van der Waals surface area contributed by atoms with Crippen molar-refractivity contribution in [2.24, 2.45) is 5.92 Å². The first-order valence-electron chi connectivity index (χ1n) is 8.00. The van der Waals surface area contributed by atoms with Gasteiger partial charge in [-0.25, -0.2) is 13.2 Å². The molecule has 6 nitrogen and oxygen atoms in total. The van der Waals surface area contributed by atoms with Crippen molar-refractivity contribution >= 4 is 15.9 Å². The van der Waals surface area contributed by atoms with Crippen molar-refractivity contribution in [2.75, 3.05) is 32.2 Å². The molecule has 0 saturated heterocycles. The van der Waals surface area contributed by atoms with Gasteiger partial charge in [-0.3, -0.25) is 0 Å². The fraction of sp³-hybridized carbons (Fsp3) is 0.933. The zero-order chi connectivity index (χ0) is 16.8. The Kier molecular flexibility index (Phi) is 7.62. The predicted molar refractivity (Wildman–Crippen MR) is 87.7 cm³/mol. The van der Waals surface area contributed by atoms with E-state index in [0.717, 1.165) is 6.42 Å². The molecule has 3 atom stereocenters. The molecule has 1 fully saturated rings. The van der Waals surface area contributed by atoms with Gasteiger partial charge in [-0.15, -0.1) is 0 Å². The van der Waals surface area contributed by atoms with Gasteiger partial charge in [0.15, 0.2) is 0 Å². The highest BCUT2D eigenvalue weighted by atomic mass is 32.2. The molecule has 1 saturated carbocycles. The van der Waals surface area contributed by atoms with Gasteiger partial charge in [0.1, 0.15) is 9.84 Å². The molecular weight excluding hydrogens is 304 g/mol. The molecule has 1 rings (SSSR count). The lowest BCUT2D eigenvalue weighted by Gasteiger charge is -2.29. The van der Waals surface area contributed by atoms with Crippen LogP contribution in [0.4, 0.5) is 4.79 Å². The van der Waals surface area contributed by atoms with Crippen molar-refractivity contribution in [1.29, 1.82) is 0 Å². The van der Waals surface area contributed by atoms with Gasteiger partial charge < -0.3 is 15.0 Å². The van der Waals surface area contributed by atoms with Crippen LogP contribution in [0.1, 0.15) is 39.5 Å². The Bertz CT molecular complexity index is 452. The van der Waals surface area contributed by atoms with Gasteiger partial charge in [-0.1, -0.05) is 19.8 Å². The third kappa shape index (κ3) is 6.96. The molecule has 1 N–H and O–H groups in total. The molecule has 0 radical (unpaired) electrons.